The van der Waals surface area contributed by atoms with Gasteiger partial charge in [-0.3, -0.25) is 4.79 Å². The molecule has 0 radical (unpaired) electrons. The summed E-state index contributed by atoms with van der Waals surface area (Å²) in [5, 5.41) is 2.86. The third-order valence-corrected chi connectivity index (χ3v) is 2.57. The number of amides is 1. The fourth-order valence-electron chi connectivity index (χ4n) is 1.07. The van der Waals surface area contributed by atoms with Crippen molar-refractivity contribution in [2.75, 3.05) is 13.7 Å². The van der Waals surface area contributed by atoms with Gasteiger partial charge in [0.25, 0.3) is 0 Å². The molecular formula is C11H21FN2O. The first-order valence-electron chi connectivity index (χ1n) is 5.14. The van der Waals surface area contributed by atoms with Crippen molar-refractivity contribution in [3.8, 4) is 0 Å². The number of carbonyl (C=O) groups is 1. The SMILES string of the molecule is CCC(C)(F)C(C)=CN(CNC)C(C)=O. The highest BCUT2D eigenvalue weighted by molar-refractivity contribution is 5.74. The maximum absolute atomic E-state index is 13.9. The number of nitrogens with zero attached hydrogens (tertiary/aromatic N) is 1. The molecule has 0 aliphatic carbocycles. The highest BCUT2D eigenvalue weighted by atomic mass is 19.1. The summed E-state index contributed by atoms with van der Waals surface area (Å²) in [6.07, 6.45) is 1.98. The number of allylic oxidation sites excluding steroid dienone is 1. The van der Waals surface area contributed by atoms with E-state index in [1.807, 2.05) is 0 Å². The van der Waals surface area contributed by atoms with Gasteiger partial charge in [-0.1, -0.05) is 6.92 Å². The summed E-state index contributed by atoms with van der Waals surface area (Å²) in [6.45, 7) is 6.87. The molecule has 0 spiro atoms. The van der Waals surface area contributed by atoms with Crippen LogP contribution in [0.2, 0.25) is 0 Å². The Morgan fingerprint density at radius 2 is 2.07 bits per heavy atom. The molecule has 0 bridgehead atoms. The molecule has 0 fully saturated rings. The highest BCUT2D eigenvalue weighted by Crippen LogP contribution is 2.24. The van der Waals surface area contributed by atoms with Gasteiger partial charge in [-0.25, -0.2) is 4.39 Å². The van der Waals surface area contributed by atoms with Gasteiger partial charge in [-0.15, -0.1) is 0 Å². The van der Waals surface area contributed by atoms with Crippen LogP contribution in [0.5, 0.6) is 0 Å². The van der Waals surface area contributed by atoms with Crippen molar-refractivity contribution in [3.63, 3.8) is 0 Å². The smallest absolute Gasteiger partial charge is 0.224 e. The number of hydrogen-bond acceptors (Lipinski definition) is 2. The molecule has 1 N–H and O–H groups in total. The first-order valence-corrected chi connectivity index (χ1v) is 5.14. The largest absolute Gasteiger partial charge is 0.306 e. The van der Waals surface area contributed by atoms with Crippen LogP contribution in [0, 0.1) is 0 Å². The van der Waals surface area contributed by atoms with Gasteiger partial charge in [0, 0.05) is 13.1 Å². The van der Waals surface area contributed by atoms with Crippen molar-refractivity contribution < 1.29 is 9.18 Å². The van der Waals surface area contributed by atoms with Gasteiger partial charge in [0.15, 0.2) is 0 Å². The lowest BCUT2D eigenvalue weighted by Crippen LogP contribution is -2.33. The molecule has 88 valence electrons. The van der Waals surface area contributed by atoms with Gasteiger partial charge in [0.05, 0.1) is 6.67 Å². The van der Waals surface area contributed by atoms with Gasteiger partial charge in [0.1, 0.15) is 5.67 Å². The van der Waals surface area contributed by atoms with E-state index in [0.29, 0.717) is 18.7 Å². The standard InChI is InChI=1S/C11H21FN2O/c1-6-11(4,12)9(2)7-14(8-13-5)10(3)15/h7,13H,6,8H2,1-5H3. The van der Waals surface area contributed by atoms with E-state index >= 15 is 0 Å². The van der Waals surface area contributed by atoms with Gasteiger partial charge < -0.3 is 10.2 Å². The lowest BCUT2D eigenvalue weighted by molar-refractivity contribution is -0.126. The summed E-state index contributed by atoms with van der Waals surface area (Å²) in [4.78, 5) is 12.7. The van der Waals surface area contributed by atoms with E-state index in [4.69, 9.17) is 0 Å². The quantitative estimate of drug-likeness (QED) is 0.713. The molecule has 1 amide bonds. The molecule has 0 aliphatic heterocycles. The number of rotatable bonds is 5. The fraction of sp³-hybridized carbons (Fsp3) is 0.727. The van der Waals surface area contributed by atoms with Crippen molar-refractivity contribution in [2.45, 2.75) is 39.8 Å². The molecule has 0 aromatic rings. The molecule has 0 aromatic carbocycles. The van der Waals surface area contributed by atoms with Crippen molar-refractivity contribution >= 4 is 5.91 Å². The summed E-state index contributed by atoms with van der Waals surface area (Å²) in [7, 11) is 1.74. The zero-order valence-corrected chi connectivity index (χ0v) is 10.2. The van der Waals surface area contributed by atoms with E-state index < -0.39 is 5.67 Å². The minimum atomic E-state index is -1.35. The Labute approximate surface area is 91.3 Å². The van der Waals surface area contributed by atoms with Crippen LogP contribution in [0.25, 0.3) is 0 Å². The summed E-state index contributed by atoms with van der Waals surface area (Å²) < 4.78 is 13.9. The van der Waals surface area contributed by atoms with Crippen LogP contribution in [0.15, 0.2) is 11.8 Å². The van der Waals surface area contributed by atoms with Crippen LogP contribution in [0.4, 0.5) is 4.39 Å². The monoisotopic (exact) mass is 216 g/mol. The zero-order valence-electron chi connectivity index (χ0n) is 10.2. The topological polar surface area (TPSA) is 32.3 Å². The fourth-order valence-corrected chi connectivity index (χ4v) is 1.07. The van der Waals surface area contributed by atoms with Gasteiger partial charge in [-0.05, 0) is 32.9 Å². The summed E-state index contributed by atoms with van der Waals surface area (Å²) in [6, 6.07) is 0. The Morgan fingerprint density at radius 1 is 1.53 bits per heavy atom. The van der Waals surface area contributed by atoms with E-state index in [9.17, 15) is 9.18 Å². The molecule has 0 heterocycles. The number of hydrogen-bond donors (Lipinski definition) is 1. The van der Waals surface area contributed by atoms with E-state index in [1.165, 1.54) is 18.7 Å². The first kappa shape index (κ1) is 14.1. The molecule has 15 heavy (non-hydrogen) atoms. The molecule has 4 heteroatoms. The van der Waals surface area contributed by atoms with Crippen LogP contribution < -0.4 is 5.32 Å². The lowest BCUT2D eigenvalue weighted by atomic mass is 9.97. The molecule has 0 rings (SSSR count). The average molecular weight is 216 g/mol. The van der Waals surface area contributed by atoms with Crippen molar-refractivity contribution in [1.82, 2.24) is 10.2 Å². The van der Waals surface area contributed by atoms with Crippen molar-refractivity contribution in [3.05, 3.63) is 11.8 Å². The highest BCUT2D eigenvalue weighted by Gasteiger charge is 2.23. The first-order chi connectivity index (χ1) is 6.85. The van der Waals surface area contributed by atoms with Crippen LogP contribution in [0.3, 0.4) is 0 Å². The molecule has 3 nitrogen and oxygen atoms in total. The number of alkyl halides is 1. The molecule has 0 saturated heterocycles. The molecule has 1 unspecified atom stereocenters. The number of halogens is 1. The van der Waals surface area contributed by atoms with E-state index in [0.717, 1.165) is 0 Å². The van der Waals surface area contributed by atoms with Gasteiger partial charge in [0.2, 0.25) is 5.91 Å². The Morgan fingerprint density at radius 3 is 2.40 bits per heavy atom. The van der Waals surface area contributed by atoms with Crippen molar-refractivity contribution in [2.24, 2.45) is 0 Å². The number of carbonyl (C=O) groups excluding carboxylic acids is 1. The average Bonchev–Trinajstić information content (AvgIpc) is 2.16. The second-order valence-corrected chi connectivity index (χ2v) is 3.86. The third kappa shape index (κ3) is 4.42. The Balaban J connectivity index is 4.75. The van der Waals surface area contributed by atoms with E-state index in [-0.39, 0.29) is 5.91 Å². The van der Waals surface area contributed by atoms with Gasteiger partial charge >= 0.3 is 0 Å². The summed E-state index contributed by atoms with van der Waals surface area (Å²) >= 11 is 0. The molecule has 0 aliphatic rings. The van der Waals surface area contributed by atoms with Crippen LogP contribution in [-0.2, 0) is 4.79 Å². The molecule has 0 saturated carbocycles. The van der Waals surface area contributed by atoms with Crippen LogP contribution >= 0.6 is 0 Å². The number of nitrogens with one attached hydrogen (secondary N) is 1. The summed E-state index contributed by atoms with van der Waals surface area (Å²) in [5.74, 6) is -0.101. The molecule has 1 atom stereocenters. The molecular weight excluding hydrogens is 195 g/mol. The Kier molecular flexibility index (Phi) is 5.50. The minimum Gasteiger partial charge on any atom is -0.306 e. The maximum atomic E-state index is 13.9. The van der Waals surface area contributed by atoms with Crippen LogP contribution in [0.1, 0.15) is 34.1 Å². The predicted octanol–water partition coefficient (Wildman–Crippen LogP) is 2.05. The van der Waals surface area contributed by atoms with Crippen LogP contribution in [-0.4, -0.2) is 30.2 Å². The predicted molar refractivity (Wildman–Crippen MR) is 60.0 cm³/mol. The summed E-state index contributed by atoms with van der Waals surface area (Å²) in [5.41, 5.74) is -0.781. The van der Waals surface area contributed by atoms with E-state index in [2.05, 4.69) is 5.32 Å². The normalized spacial score (nSPS) is 16.0. The molecule has 0 aromatic heterocycles. The minimum absolute atomic E-state index is 0.101. The maximum Gasteiger partial charge on any atom is 0.224 e. The zero-order chi connectivity index (χ0) is 12.1. The van der Waals surface area contributed by atoms with E-state index in [1.54, 1.807) is 27.1 Å². The Bertz CT molecular complexity index is 249. The second kappa shape index (κ2) is 5.85. The lowest BCUT2D eigenvalue weighted by Gasteiger charge is -2.23. The van der Waals surface area contributed by atoms with Gasteiger partial charge in [-0.2, -0.15) is 0 Å². The second-order valence-electron chi connectivity index (χ2n) is 3.86. The third-order valence-electron chi connectivity index (χ3n) is 2.57. The Hall–Kier alpha value is -0.900. The van der Waals surface area contributed by atoms with Crippen molar-refractivity contribution in [1.29, 1.82) is 0 Å².